The Balaban J connectivity index is 2.38. The van der Waals surface area contributed by atoms with E-state index in [1.54, 1.807) is 11.8 Å². The molecule has 0 atom stereocenters. The minimum Gasteiger partial charge on any atom is -0.502 e. The lowest BCUT2D eigenvalue weighted by molar-refractivity contribution is -0.125. The van der Waals surface area contributed by atoms with Crippen molar-refractivity contribution in [2.45, 2.75) is 19.8 Å². The largest absolute Gasteiger partial charge is 0.502 e. The number of rotatable bonds is 0. The van der Waals surface area contributed by atoms with Crippen molar-refractivity contribution in [2.24, 2.45) is 0 Å². The zero-order chi connectivity index (χ0) is 9.42. The summed E-state index contributed by atoms with van der Waals surface area (Å²) in [4.78, 5) is 13.4. The molecule has 0 unspecified atom stereocenters. The summed E-state index contributed by atoms with van der Waals surface area (Å²) in [5.41, 5.74) is 0.462. The molecule has 0 radical (unpaired) electrons. The molecule has 70 valence electrons. The monoisotopic (exact) mass is 197 g/mol. The number of carbonyl (C=O) groups excluding carboxylic acids is 1. The highest BCUT2D eigenvalue weighted by Crippen LogP contribution is 2.37. The molecule has 2 heterocycles. The summed E-state index contributed by atoms with van der Waals surface area (Å²) in [7, 11) is 0. The fourth-order valence-corrected chi connectivity index (χ4v) is 2.39. The minimum absolute atomic E-state index is 0.0535. The van der Waals surface area contributed by atoms with E-state index in [1.165, 1.54) is 11.8 Å². The van der Waals surface area contributed by atoms with Gasteiger partial charge >= 0.3 is 0 Å². The number of hydrogen-bond donors (Lipinski definition) is 1. The maximum absolute atomic E-state index is 11.6. The van der Waals surface area contributed by atoms with Crippen molar-refractivity contribution in [1.82, 2.24) is 4.90 Å². The summed E-state index contributed by atoms with van der Waals surface area (Å²) in [5, 5.41) is 10.5. The number of carbonyl (C=O) groups is 1. The van der Waals surface area contributed by atoms with Gasteiger partial charge in [-0.1, -0.05) is 6.08 Å². The van der Waals surface area contributed by atoms with Crippen molar-refractivity contribution in [3.05, 3.63) is 21.8 Å². The van der Waals surface area contributed by atoms with E-state index in [2.05, 4.69) is 0 Å². The van der Waals surface area contributed by atoms with Gasteiger partial charge in [0.1, 0.15) is 0 Å². The lowest BCUT2D eigenvalue weighted by Gasteiger charge is -2.31. The Morgan fingerprint density at radius 3 is 3.15 bits per heavy atom. The van der Waals surface area contributed by atoms with Crippen molar-refractivity contribution in [1.29, 1.82) is 0 Å². The van der Waals surface area contributed by atoms with Crippen LogP contribution in [0.5, 0.6) is 0 Å². The van der Waals surface area contributed by atoms with E-state index < -0.39 is 0 Å². The molecule has 13 heavy (non-hydrogen) atoms. The van der Waals surface area contributed by atoms with Crippen LogP contribution in [0.4, 0.5) is 0 Å². The van der Waals surface area contributed by atoms with Crippen LogP contribution >= 0.6 is 11.8 Å². The van der Waals surface area contributed by atoms with Gasteiger partial charge < -0.3 is 10.0 Å². The maximum Gasteiger partial charge on any atom is 0.258 e. The summed E-state index contributed by atoms with van der Waals surface area (Å²) >= 11 is 1.28. The van der Waals surface area contributed by atoms with E-state index in [0.717, 1.165) is 24.4 Å². The highest BCUT2D eigenvalue weighted by molar-refractivity contribution is 8.06. The Labute approximate surface area is 81.1 Å². The van der Waals surface area contributed by atoms with Crippen LogP contribution in [-0.2, 0) is 4.79 Å². The molecule has 3 nitrogen and oxygen atoms in total. The lowest BCUT2D eigenvalue weighted by atomic mass is 10.2. The lowest BCUT2D eigenvalue weighted by Crippen LogP contribution is -2.35. The first-order valence-corrected chi connectivity index (χ1v) is 5.11. The Kier molecular flexibility index (Phi) is 2.07. The zero-order valence-electron chi connectivity index (χ0n) is 7.41. The van der Waals surface area contributed by atoms with Crippen LogP contribution in [0.2, 0.25) is 0 Å². The summed E-state index contributed by atoms with van der Waals surface area (Å²) in [5.74, 6) is -0.0535. The fraction of sp³-hybridized carbons (Fsp3) is 0.444. The highest BCUT2D eigenvalue weighted by atomic mass is 32.2. The van der Waals surface area contributed by atoms with E-state index in [9.17, 15) is 9.90 Å². The van der Waals surface area contributed by atoms with Gasteiger partial charge in [-0.15, -0.1) is 0 Å². The van der Waals surface area contributed by atoms with Gasteiger partial charge in [0, 0.05) is 6.54 Å². The van der Waals surface area contributed by atoms with Crippen LogP contribution in [0, 0.1) is 0 Å². The maximum atomic E-state index is 11.6. The van der Waals surface area contributed by atoms with Gasteiger partial charge in [-0.2, -0.15) is 0 Å². The summed E-state index contributed by atoms with van der Waals surface area (Å²) in [6, 6.07) is 0. The molecule has 2 aliphatic rings. The zero-order valence-corrected chi connectivity index (χ0v) is 8.23. The molecule has 0 bridgehead atoms. The molecule has 0 aliphatic carbocycles. The molecule has 0 saturated carbocycles. The first-order chi connectivity index (χ1) is 6.20. The molecule has 0 fully saturated rings. The molecule has 0 aromatic heterocycles. The van der Waals surface area contributed by atoms with Gasteiger partial charge in [-0.25, -0.2) is 0 Å². The fourth-order valence-electron chi connectivity index (χ4n) is 1.46. The second-order valence-electron chi connectivity index (χ2n) is 3.17. The molecule has 1 amide bonds. The van der Waals surface area contributed by atoms with Crippen LogP contribution in [-0.4, -0.2) is 22.5 Å². The Hall–Kier alpha value is -0.900. The van der Waals surface area contributed by atoms with Gasteiger partial charge in [0.25, 0.3) is 5.91 Å². The third kappa shape index (κ3) is 1.35. The van der Waals surface area contributed by atoms with E-state index in [1.807, 2.05) is 6.08 Å². The van der Waals surface area contributed by atoms with Gasteiger partial charge in [0.05, 0.1) is 10.6 Å². The van der Waals surface area contributed by atoms with Gasteiger partial charge in [-0.3, -0.25) is 4.79 Å². The summed E-state index contributed by atoms with van der Waals surface area (Å²) < 4.78 is 0. The second kappa shape index (κ2) is 3.10. The van der Waals surface area contributed by atoms with Crippen molar-refractivity contribution < 1.29 is 9.90 Å². The number of amides is 1. The van der Waals surface area contributed by atoms with E-state index in [4.69, 9.17) is 0 Å². The Morgan fingerprint density at radius 1 is 1.62 bits per heavy atom. The predicted octanol–water partition coefficient (Wildman–Crippen LogP) is 1.99. The number of thioether (sulfide) groups is 1. The smallest absolute Gasteiger partial charge is 0.258 e. The molecule has 2 aliphatic heterocycles. The van der Waals surface area contributed by atoms with Crippen LogP contribution in [0.3, 0.4) is 0 Å². The number of fused-ring (bicyclic) bond motifs is 1. The average Bonchev–Trinajstić information content (AvgIpc) is 2.15. The third-order valence-electron chi connectivity index (χ3n) is 2.26. The third-order valence-corrected chi connectivity index (χ3v) is 3.35. The van der Waals surface area contributed by atoms with E-state index >= 15 is 0 Å². The number of aliphatic hydroxyl groups is 1. The SMILES string of the molecule is CC1=C(O)SC2=CCCCN2C1=O. The topological polar surface area (TPSA) is 40.5 Å². The van der Waals surface area contributed by atoms with Crippen molar-refractivity contribution >= 4 is 17.7 Å². The highest BCUT2D eigenvalue weighted by Gasteiger charge is 2.29. The number of nitrogens with zero attached hydrogens (tertiary/aromatic N) is 1. The normalized spacial score (nSPS) is 23.0. The Bertz CT molecular complexity index is 318. The van der Waals surface area contributed by atoms with Crippen molar-refractivity contribution in [3.63, 3.8) is 0 Å². The molecule has 0 spiro atoms. The van der Waals surface area contributed by atoms with Crippen molar-refractivity contribution in [3.8, 4) is 0 Å². The summed E-state index contributed by atoms with van der Waals surface area (Å²) in [6.45, 7) is 2.44. The van der Waals surface area contributed by atoms with Crippen molar-refractivity contribution in [2.75, 3.05) is 6.54 Å². The first-order valence-electron chi connectivity index (χ1n) is 4.30. The summed E-state index contributed by atoms with van der Waals surface area (Å²) in [6.07, 6.45) is 4.02. The molecule has 2 rings (SSSR count). The molecule has 4 heteroatoms. The first kappa shape index (κ1) is 8.69. The average molecular weight is 197 g/mol. The molecule has 0 aromatic rings. The molecule has 0 saturated heterocycles. The molecule has 0 aromatic carbocycles. The number of allylic oxidation sites excluding steroid dienone is 1. The van der Waals surface area contributed by atoms with Crippen LogP contribution in [0.1, 0.15) is 19.8 Å². The number of aliphatic hydroxyl groups excluding tert-OH is 1. The standard InChI is InChI=1S/C9H11NO2S/c1-6-8(11)10-5-3-2-4-7(10)13-9(6)12/h4,12H,2-3,5H2,1H3. The molecule has 1 N–H and O–H groups in total. The minimum atomic E-state index is -0.0535. The number of hydrogen-bond acceptors (Lipinski definition) is 3. The molecular weight excluding hydrogens is 186 g/mol. The quantitative estimate of drug-likeness (QED) is 0.645. The van der Waals surface area contributed by atoms with Gasteiger partial charge in [-0.05, 0) is 31.5 Å². The predicted molar refractivity (Wildman–Crippen MR) is 51.9 cm³/mol. The van der Waals surface area contributed by atoms with Crippen LogP contribution in [0.15, 0.2) is 21.8 Å². The Morgan fingerprint density at radius 2 is 2.38 bits per heavy atom. The van der Waals surface area contributed by atoms with Gasteiger partial charge in [0.2, 0.25) is 0 Å². The van der Waals surface area contributed by atoms with E-state index in [0.29, 0.717) is 5.57 Å². The van der Waals surface area contributed by atoms with Crippen LogP contribution < -0.4 is 0 Å². The van der Waals surface area contributed by atoms with Crippen LogP contribution in [0.25, 0.3) is 0 Å². The second-order valence-corrected chi connectivity index (χ2v) is 4.18. The molecular formula is C9H11NO2S. The van der Waals surface area contributed by atoms with Gasteiger partial charge in [0.15, 0.2) is 5.09 Å². The van der Waals surface area contributed by atoms with E-state index in [-0.39, 0.29) is 11.0 Å².